The van der Waals surface area contributed by atoms with Crippen LogP contribution in [0.2, 0.25) is 0 Å². The number of likely N-dealkylation sites (tertiary alicyclic amines) is 1. The summed E-state index contributed by atoms with van der Waals surface area (Å²) in [6, 6.07) is -0.129. The molecule has 1 aliphatic heterocycles. The number of hydrogen-bond acceptors (Lipinski definition) is 4. The Morgan fingerprint density at radius 1 is 1.30 bits per heavy atom. The number of rotatable bonds is 6. The third kappa shape index (κ3) is 4.78. The highest BCUT2D eigenvalue weighted by atomic mass is 32.1. The van der Waals surface area contributed by atoms with Crippen molar-refractivity contribution >= 4 is 24.0 Å². The second-order valence-electron chi connectivity index (χ2n) is 7.91. The summed E-state index contributed by atoms with van der Waals surface area (Å²) in [4.78, 5) is 27.0. The zero-order valence-corrected chi connectivity index (χ0v) is 17.2. The molecule has 7 nitrogen and oxygen atoms in total. The fourth-order valence-corrected chi connectivity index (χ4v) is 4.62. The van der Waals surface area contributed by atoms with Crippen molar-refractivity contribution in [3.05, 3.63) is 10.6 Å². The summed E-state index contributed by atoms with van der Waals surface area (Å²) >= 11 is 5.29. The molecular formula is C19H31N5O2S. The van der Waals surface area contributed by atoms with Crippen molar-refractivity contribution < 1.29 is 9.59 Å². The number of aromatic amines is 1. The molecule has 2 N–H and O–H groups in total. The number of carbonyl (C=O) groups is 2. The summed E-state index contributed by atoms with van der Waals surface area (Å²) in [5.74, 6) is 1.51. The number of amides is 2. The van der Waals surface area contributed by atoms with E-state index in [1.165, 1.54) is 0 Å². The van der Waals surface area contributed by atoms with Crippen molar-refractivity contribution in [3.63, 3.8) is 0 Å². The largest absolute Gasteiger partial charge is 0.353 e. The van der Waals surface area contributed by atoms with Crippen molar-refractivity contribution in [2.75, 3.05) is 13.1 Å². The van der Waals surface area contributed by atoms with Gasteiger partial charge < -0.3 is 14.8 Å². The van der Waals surface area contributed by atoms with Crippen LogP contribution in [0.1, 0.15) is 70.5 Å². The predicted molar refractivity (Wildman–Crippen MR) is 106 cm³/mol. The van der Waals surface area contributed by atoms with Crippen molar-refractivity contribution in [3.8, 4) is 0 Å². The molecule has 2 fully saturated rings. The Morgan fingerprint density at radius 3 is 2.74 bits per heavy atom. The minimum atomic E-state index is -0.129. The maximum Gasteiger partial charge on any atom is 0.224 e. The quantitative estimate of drug-likeness (QED) is 0.728. The van der Waals surface area contributed by atoms with Gasteiger partial charge in [0.05, 0.1) is 0 Å². The van der Waals surface area contributed by atoms with Crippen molar-refractivity contribution in [1.82, 2.24) is 25.0 Å². The number of nitrogens with zero attached hydrogens (tertiary/aromatic N) is 3. The van der Waals surface area contributed by atoms with Crippen LogP contribution in [0.25, 0.3) is 0 Å². The molecule has 0 spiro atoms. The molecule has 2 amide bonds. The van der Waals surface area contributed by atoms with Crippen LogP contribution in [-0.2, 0) is 16.1 Å². The molecule has 1 saturated carbocycles. The molecule has 1 aromatic heterocycles. The number of aromatic nitrogens is 3. The smallest absolute Gasteiger partial charge is 0.224 e. The Labute approximate surface area is 165 Å². The Morgan fingerprint density at radius 2 is 2.04 bits per heavy atom. The Balaban J connectivity index is 1.54. The van der Waals surface area contributed by atoms with Crippen LogP contribution in [0.5, 0.6) is 0 Å². The molecule has 2 aliphatic rings. The molecule has 150 valence electrons. The maximum atomic E-state index is 12.8. The SMILES string of the molecule is CCn1c(C2CCCN(C(=O)CC(C)NC(=O)C3CCCC3)C2)n[nH]c1=S. The van der Waals surface area contributed by atoms with Gasteiger partial charge in [-0.15, -0.1) is 0 Å². The van der Waals surface area contributed by atoms with E-state index in [1.54, 1.807) is 0 Å². The van der Waals surface area contributed by atoms with Crippen LogP contribution in [0, 0.1) is 10.7 Å². The second kappa shape index (κ2) is 8.99. The first-order valence-corrected chi connectivity index (χ1v) is 10.6. The number of piperidine rings is 1. The average Bonchev–Trinajstić information content (AvgIpc) is 3.31. The normalized spacial score (nSPS) is 22.0. The molecule has 2 atom stereocenters. The van der Waals surface area contributed by atoms with Gasteiger partial charge in [-0.1, -0.05) is 12.8 Å². The summed E-state index contributed by atoms with van der Waals surface area (Å²) < 4.78 is 2.65. The van der Waals surface area contributed by atoms with Crippen LogP contribution in [-0.4, -0.2) is 50.6 Å². The molecule has 3 rings (SSSR count). The van der Waals surface area contributed by atoms with Gasteiger partial charge >= 0.3 is 0 Å². The second-order valence-corrected chi connectivity index (χ2v) is 8.29. The van der Waals surface area contributed by atoms with Crippen LogP contribution in [0.4, 0.5) is 0 Å². The molecule has 1 saturated heterocycles. The molecule has 0 bridgehead atoms. The van der Waals surface area contributed by atoms with Gasteiger partial charge in [0.15, 0.2) is 4.77 Å². The Bertz CT molecular complexity index is 722. The molecule has 2 unspecified atom stereocenters. The van der Waals surface area contributed by atoms with Crippen molar-refractivity contribution in [2.45, 2.75) is 77.3 Å². The van der Waals surface area contributed by atoms with E-state index in [0.29, 0.717) is 17.7 Å². The highest BCUT2D eigenvalue weighted by Crippen LogP contribution is 2.27. The predicted octanol–water partition coefficient (Wildman–Crippen LogP) is 2.75. The molecular weight excluding hydrogens is 362 g/mol. The highest BCUT2D eigenvalue weighted by Gasteiger charge is 2.29. The fourth-order valence-electron chi connectivity index (χ4n) is 4.35. The van der Waals surface area contributed by atoms with E-state index in [1.807, 2.05) is 16.4 Å². The third-order valence-corrected chi connectivity index (χ3v) is 6.15. The first-order chi connectivity index (χ1) is 13.0. The van der Waals surface area contributed by atoms with Gasteiger partial charge in [-0.2, -0.15) is 5.10 Å². The van der Waals surface area contributed by atoms with E-state index in [9.17, 15) is 9.59 Å². The van der Waals surface area contributed by atoms with Gasteiger partial charge in [-0.05, 0) is 51.7 Å². The minimum absolute atomic E-state index is 0.108. The first kappa shape index (κ1) is 20.0. The standard InChI is InChI=1S/C19H31N5O2S/c1-3-24-17(21-22-19(24)27)15-9-6-10-23(12-15)16(25)11-13(2)20-18(26)14-7-4-5-8-14/h13-15H,3-12H2,1-2H3,(H,20,26)(H,22,27). The van der Waals surface area contributed by atoms with E-state index < -0.39 is 0 Å². The lowest BCUT2D eigenvalue weighted by Crippen LogP contribution is -2.44. The summed E-state index contributed by atoms with van der Waals surface area (Å²) in [6.07, 6.45) is 6.55. The molecule has 8 heteroatoms. The Kier molecular flexibility index (Phi) is 6.68. The lowest BCUT2D eigenvalue weighted by molar-refractivity contribution is -0.133. The topological polar surface area (TPSA) is 83.0 Å². The molecule has 0 radical (unpaired) electrons. The van der Waals surface area contributed by atoms with Gasteiger partial charge in [0.1, 0.15) is 5.82 Å². The number of hydrogen-bond donors (Lipinski definition) is 2. The minimum Gasteiger partial charge on any atom is -0.353 e. The zero-order valence-electron chi connectivity index (χ0n) is 16.4. The molecule has 27 heavy (non-hydrogen) atoms. The lowest BCUT2D eigenvalue weighted by atomic mass is 9.96. The van der Waals surface area contributed by atoms with E-state index in [2.05, 4.69) is 22.4 Å². The molecule has 1 aliphatic carbocycles. The summed E-state index contributed by atoms with van der Waals surface area (Å²) in [5.41, 5.74) is 0. The molecule has 1 aromatic rings. The van der Waals surface area contributed by atoms with Gasteiger partial charge in [0.2, 0.25) is 11.8 Å². The van der Waals surface area contributed by atoms with E-state index in [0.717, 1.165) is 57.4 Å². The van der Waals surface area contributed by atoms with Crippen LogP contribution >= 0.6 is 12.2 Å². The summed E-state index contributed by atoms with van der Waals surface area (Å²) in [6.45, 7) is 6.20. The molecule has 2 heterocycles. The average molecular weight is 394 g/mol. The van der Waals surface area contributed by atoms with Crippen LogP contribution < -0.4 is 5.32 Å². The van der Waals surface area contributed by atoms with E-state index >= 15 is 0 Å². The first-order valence-electron chi connectivity index (χ1n) is 10.2. The number of carbonyl (C=O) groups excluding carboxylic acids is 2. The van der Waals surface area contributed by atoms with E-state index in [-0.39, 0.29) is 29.7 Å². The number of H-pyrrole nitrogens is 1. The Hall–Kier alpha value is -1.70. The molecule has 0 aromatic carbocycles. The van der Waals surface area contributed by atoms with Crippen molar-refractivity contribution in [2.24, 2.45) is 5.92 Å². The van der Waals surface area contributed by atoms with Crippen LogP contribution in [0.15, 0.2) is 0 Å². The fraction of sp³-hybridized carbons (Fsp3) is 0.789. The van der Waals surface area contributed by atoms with Crippen LogP contribution in [0.3, 0.4) is 0 Å². The van der Waals surface area contributed by atoms with E-state index in [4.69, 9.17) is 12.2 Å². The summed E-state index contributed by atoms with van der Waals surface area (Å²) in [7, 11) is 0. The number of nitrogens with one attached hydrogen (secondary N) is 2. The maximum absolute atomic E-state index is 12.8. The van der Waals surface area contributed by atoms with Crippen molar-refractivity contribution in [1.29, 1.82) is 0 Å². The third-order valence-electron chi connectivity index (χ3n) is 5.84. The van der Waals surface area contributed by atoms with Gasteiger partial charge in [-0.25, -0.2) is 0 Å². The van der Waals surface area contributed by atoms with Gasteiger partial charge in [-0.3, -0.25) is 14.7 Å². The lowest BCUT2D eigenvalue weighted by Gasteiger charge is -2.33. The highest BCUT2D eigenvalue weighted by molar-refractivity contribution is 7.71. The van der Waals surface area contributed by atoms with Gasteiger partial charge in [0, 0.05) is 43.9 Å². The zero-order chi connectivity index (χ0) is 19.4. The summed E-state index contributed by atoms with van der Waals surface area (Å²) in [5, 5.41) is 10.3. The monoisotopic (exact) mass is 393 g/mol. The van der Waals surface area contributed by atoms with Gasteiger partial charge in [0.25, 0.3) is 0 Å².